The number of rotatable bonds is 5. The second-order valence-electron chi connectivity index (χ2n) is 4.15. The summed E-state index contributed by atoms with van der Waals surface area (Å²) in [4.78, 5) is 16.0. The molecule has 0 saturated heterocycles. The van der Waals surface area contributed by atoms with Gasteiger partial charge in [-0.15, -0.1) is 11.6 Å². The van der Waals surface area contributed by atoms with Crippen molar-refractivity contribution in [1.29, 1.82) is 0 Å². The molecule has 102 valence electrons. The molecule has 0 bridgehead atoms. The van der Waals surface area contributed by atoms with E-state index in [4.69, 9.17) is 23.2 Å². The van der Waals surface area contributed by atoms with E-state index >= 15 is 0 Å². The Balaban J connectivity index is 2.27. The Morgan fingerprint density at radius 1 is 1.47 bits per heavy atom. The lowest BCUT2D eigenvalue weighted by Crippen LogP contribution is -2.24. The fraction of sp³-hybridized carbons (Fsp3) is 0.385. The van der Waals surface area contributed by atoms with Crippen LogP contribution in [-0.2, 0) is 17.2 Å². The number of aryl methyl sites for hydroxylation is 1. The van der Waals surface area contributed by atoms with Crippen LogP contribution < -0.4 is 5.32 Å². The van der Waals surface area contributed by atoms with E-state index in [1.165, 1.54) is 0 Å². The monoisotopic (exact) mass is 299 g/mol. The molecule has 0 aliphatic carbocycles. The van der Waals surface area contributed by atoms with E-state index in [0.717, 1.165) is 16.9 Å². The van der Waals surface area contributed by atoms with Crippen LogP contribution in [0.3, 0.4) is 0 Å². The molecule has 1 amide bonds. The highest BCUT2D eigenvalue weighted by Gasteiger charge is 2.11. The van der Waals surface area contributed by atoms with Crippen LogP contribution in [0.25, 0.3) is 11.0 Å². The van der Waals surface area contributed by atoms with E-state index in [2.05, 4.69) is 10.3 Å². The number of imidazole rings is 1. The Kier molecular flexibility index (Phi) is 4.66. The van der Waals surface area contributed by atoms with E-state index in [1.54, 1.807) is 6.07 Å². The predicted molar refractivity (Wildman–Crippen MR) is 77.6 cm³/mol. The maximum atomic E-state index is 11.5. The van der Waals surface area contributed by atoms with Crippen molar-refractivity contribution in [3.05, 3.63) is 29.0 Å². The Labute approximate surface area is 121 Å². The molecule has 0 atom stereocenters. The zero-order chi connectivity index (χ0) is 13.8. The maximum Gasteiger partial charge on any atom is 0.221 e. The van der Waals surface area contributed by atoms with Gasteiger partial charge in [-0.2, -0.15) is 0 Å². The summed E-state index contributed by atoms with van der Waals surface area (Å²) < 4.78 is 1.97. The topological polar surface area (TPSA) is 46.9 Å². The zero-order valence-electron chi connectivity index (χ0n) is 10.6. The predicted octanol–water partition coefficient (Wildman–Crippen LogP) is 2.95. The average Bonchev–Trinajstić information content (AvgIpc) is 2.73. The minimum Gasteiger partial charge on any atom is -0.356 e. The lowest BCUT2D eigenvalue weighted by Gasteiger charge is -2.07. The molecule has 19 heavy (non-hydrogen) atoms. The van der Waals surface area contributed by atoms with Crippen LogP contribution in [0, 0.1) is 0 Å². The van der Waals surface area contributed by atoms with Crippen LogP contribution in [0.5, 0.6) is 0 Å². The van der Waals surface area contributed by atoms with Gasteiger partial charge in [0.15, 0.2) is 0 Å². The first-order valence-corrected chi connectivity index (χ1v) is 7.04. The van der Waals surface area contributed by atoms with Crippen molar-refractivity contribution in [1.82, 2.24) is 14.9 Å². The quantitative estimate of drug-likeness (QED) is 0.863. The number of carbonyl (C=O) groups excluding carboxylic acids is 1. The van der Waals surface area contributed by atoms with Crippen molar-refractivity contribution in [3.8, 4) is 0 Å². The number of hydrogen-bond donors (Lipinski definition) is 1. The molecule has 1 aromatic carbocycles. The number of benzene rings is 1. The Morgan fingerprint density at radius 2 is 2.26 bits per heavy atom. The minimum absolute atomic E-state index is 0.0267. The number of nitrogens with zero attached hydrogens (tertiary/aromatic N) is 2. The molecule has 0 saturated carbocycles. The lowest BCUT2D eigenvalue weighted by atomic mass is 10.3. The number of aromatic nitrogens is 2. The fourth-order valence-electron chi connectivity index (χ4n) is 2.00. The van der Waals surface area contributed by atoms with E-state index in [0.29, 0.717) is 30.4 Å². The third kappa shape index (κ3) is 3.19. The van der Waals surface area contributed by atoms with Crippen molar-refractivity contribution in [3.63, 3.8) is 0 Å². The normalized spacial score (nSPS) is 10.9. The molecule has 0 aliphatic rings. The molecular formula is C13H15Cl2N3O. The maximum absolute atomic E-state index is 11.5. The van der Waals surface area contributed by atoms with Crippen molar-refractivity contribution in [2.75, 3.05) is 6.54 Å². The van der Waals surface area contributed by atoms with Crippen molar-refractivity contribution in [2.24, 2.45) is 0 Å². The molecular weight excluding hydrogens is 285 g/mol. The second kappa shape index (κ2) is 6.26. The smallest absolute Gasteiger partial charge is 0.221 e. The number of amides is 1. The summed E-state index contributed by atoms with van der Waals surface area (Å²) in [5.41, 5.74) is 1.75. The van der Waals surface area contributed by atoms with Gasteiger partial charge in [0, 0.05) is 24.5 Å². The van der Waals surface area contributed by atoms with Crippen molar-refractivity contribution in [2.45, 2.75) is 25.8 Å². The van der Waals surface area contributed by atoms with Crippen LogP contribution in [0.4, 0.5) is 0 Å². The first kappa shape index (κ1) is 14.2. The van der Waals surface area contributed by atoms with Crippen LogP contribution >= 0.6 is 23.2 Å². The minimum atomic E-state index is 0.0267. The van der Waals surface area contributed by atoms with Crippen LogP contribution in [-0.4, -0.2) is 22.0 Å². The van der Waals surface area contributed by atoms with E-state index in [9.17, 15) is 4.79 Å². The number of nitrogens with one attached hydrogen (secondary N) is 1. The Bertz CT molecular complexity index is 595. The number of carbonyl (C=O) groups is 1. The largest absolute Gasteiger partial charge is 0.356 e. The highest BCUT2D eigenvalue weighted by molar-refractivity contribution is 6.31. The number of hydrogen-bond acceptors (Lipinski definition) is 2. The number of halogens is 2. The van der Waals surface area contributed by atoms with Crippen molar-refractivity contribution < 1.29 is 4.79 Å². The molecule has 1 aromatic heterocycles. The lowest BCUT2D eigenvalue weighted by molar-refractivity contribution is -0.121. The molecule has 6 heteroatoms. The van der Waals surface area contributed by atoms with E-state index in [-0.39, 0.29) is 5.91 Å². The van der Waals surface area contributed by atoms with Gasteiger partial charge in [-0.3, -0.25) is 4.79 Å². The van der Waals surface area contributed by atoms with Gasteiger partial charge in [0.05, 0.1) is 16.9 Å². The average molecular weight is 300 g/mol. The highest BCUT2D eigenvalue weighted by Crippen LogP contribution is 2.21. The first-order chi connectivity index (χ1) is 9.15. The molecule has 0 aliphatic heterocycles. The standard InChI is InChI=1S/C13H15Cl2N3O/c1-2-16-13(19)5-6-18-11-4-3-9(15)7-10(11)17-12(18)8-14/h3-4,7H,2,5-6,8H2,1H3,(H,16,19). The number of alkyl halides is 1. The molecule has 2 aromatic rings. The molecule has 0 fully saturated rings. The third-order valence-corrected chi connectivity index (χ3v) is 3.32. The van der Waals surface area contributed by atoms with Crippen LogP contribution in [0.2, 0.25) is 5.02 Å². The summed E-state index contributed by atoms with van der Waals surface area (Å²) >= 11 is 11.8. The number of fused-ring (bicyclic) bond motifs is 1. The van der Waals surface area contributed by atoms with E-state index < -0.39 is 0 Å². The SMILES string of the molecule is CCNC(=O)CCn1c(CCl)nc2cc(Cl)ccc21. The fourth-order valence-corrected chi connectivity index (χ4v) is 2.37. The van der Waals surface area contributed by atoms with E-state index in [1.807, 2.05) is 23.6 Å². The summed E-state index contributed by atoms with van der Waals surface area (Å²) in [6.45, 7) is 3.10. The summed E-state index contributed by atoms with van der Waals surface area (Å²) in [5, 5.41) is 3.42. The molecule has 2 rings (SSSR count). The summed E-state index contributed by atoms with van der Waals surface area (Å²) in [5.74, 6) is 1.09. The van der Waals surface area contributed by atoms with Gasteiger partial charge < -0.3 is 9.88 Å². The Morgan fingerprint density at radius 3 is 2.95 bits per heavy atom. The van der Waals surface area contributed by atoms with Crippen LogP contribution in [0.15, 0.2) is 18.2 Å². The zero-order valence-corrected chi connectivity index (χ0v) is 12.1. The van der Waals surface area contributed by atoms with Gasteiger partial charge in [-0.1, -0.05) is 11.6 Å². The second-order valence-corrected chi connectivity index (χ2v) is 4.85. The molecule has 0 spiro atoms. The molecule has 1 N–H and O–H groups in total. The van der Waals surface area contributed by atoms with Crippen molar-refractivity contribution >= 4 is 40.1 Å². The van der Waals surface area contributed by atoms with Gasteiger partial charge in [0.1, 0.15) is 5.82 Å². The molecule has 0 radical (unpaired) electrons. The summed E-state index contributed by atoms with van der Waals surface area (Å²) in [7, 11) is 0. The third-order valence-electron chi connectivity index (χ3n) is 2.85. The van der Waals surface area contributed by atoms with Gasteiger partial charge in [-0.25, -0.2) is 4.98 Å². The van der Waals surface area contributed by atoms with Gasteiger partial charge in [0.2, 0.25) is 5.91 Å². The van der Waals surface area contributed by atoms with Crippen LogP contribution in [0.1, 0.15) is 19.2 Å². The highest BCUT2D eigenvalue weighted by atomic mass is 35.5. The first-order valence-electron chi connectivity index (χ1n) is 6.13. The molecule has 0 unspecified atom stereocenters. The summed E-state index contributed by atoms with van der Waals surface area (Å²) in [6, 6.07) is 5.51. The Hall–Kier alpha value is -1.26. The molecule has 4 nitrogen and oxygen atoms in total. The molecule has 1 heterocycles. The van der Waals surface area contributed by atoms with Gasteiger partial charge in [-0.05, 0) is 25.1 Å². The van der Waals surface area contributed by atoms with Gasteiger partial charge >= 0.3 is 0 Å². The summed E-state index contributed by atoms with van der Waals surface area (Å²) in [6.07, 6.45) is 0.409. The van der Waals surface area contributed by atoms with Gasteiger partial charge in [0.25, 0.3) is 0 Å².